The van der Waals surface area contributed by atoms with Gasteiger partial charge in [0.25, 0.3) is 0 Å². The molecule has 0 aliphatic carbocycles. The van der Waals surface area contributed by atoms with Gasteiger partial charge in [0.1, 0.15) is 18.1 Å². The van der Waals surface area contributed by atoms with Gasteiger partial charge in [-0.15, -0.1) is 0 Å². The van der Waals surface area contributed by atoms with Crippen molar-refractivity contribution in [1.82, 2.24) is 9.78 Å². The lowest BCUT2D eigenvalue weighted by molar-refractivity contribution is -0.116. The molecule has 3 aromatic rings. The first-order valence-corrected chi connectivity index (χ1v) is 9.27. The van der Waals surface area contributed by atoms with Crippen LogP contribution in [0.15, 0.2) is 47.2 Å². The van der Waals surface area contributed by atoms with Crippen LogP contribution in [0.1, 0.15) is 43.1 Å². The van der Waals surface area contributed by atoms with E-state index < -0.39 is 0 Å². The van der Waals surface area contributed by atoms with Gasteiger partial charge in [0.05, 0.1) is 25.7 Å². The number of hydrogen-bond donors (Lipinski definition) is 1. The van der Waals surface area contributed by atoms with E-state index in [1.807, 2.05) is 50.4 Å². The number of benzene rings is 1. The maximum atomic E-state index is 12.4. The quantitative estimate of drug-likeness (QED) is 0.703. The average molecular weight is 381 g/mol. The Morgan fingerprint density at radius 3 is 2.89 bits per heavy atom. The molecule has 1 aromatic carbocycles. The zero-order valence-electron chi connectivity index (χ0n) is 16.1. The number of furan rings is 1. The van der Waals surface area contributed by atoms with Crippen LogP contribution in [0, 0.1) is 0 Å². The van der Waals surface area contributed by atoms with E-state index in [1.165, 1.54) is 0 Å². The number of nitrogens with zero attached hydrogens (tertiary/aromatic N) is 2. The van der Waals surface area contributed by atoms with Crippen LogP contribution in [-0.4, -0.2) is 28.9 Å². The Morgan fingerprint density at radius 1 is 1.32 bits per heavy atom. The van der Waals surface area contributed by atoms with Gasteiger partial charge in [0.2, 0.25) is 5.91 Å². The van der Waals surface area contributed by atoms with Crippen molar-refractivity contribution < 1.29 is 18.7 Å². The van der Waals surface area contributed by atoms with Gasteiger partial charge in [-0.25, -0.2) is 4.68 Å². The fraction of sp³-hybridized carbons (Fsp3) is 0.333. The second-order valence-electron chi connectivity index (χ2n) is 7.07. The predicted octanol–water partition coefficient (Wildman–Crippen LogP) is 3.79. The van der Waals surface area contributed by atoms with Crippen LogP contribution in [0.2, 0.25) is 0 Å². The molecule has 1 unspecified atom stereocenters. The summed E-state index contributed by atoms with van der Waals surface area (Å²) in [6.07, 6.45) is 3.84. The number of nitrogens with one attached hydrogen (secondary N) is 1. The Hall–Kier alpha value is -3.22. The fourth-order valence-electron chi connectivity index (χ4n) is 3.49. The van der Waals surface area contributed by atoms with Crippen molar-refractivity contribution in [2.24, 2.45) is 0 Å². The molecule has 0 radical (unpaired) electrons. The summed E-state index contributed by atoms with van der Waals surface area (Å²) in [5.74, 6) is 2.69. The topological polar surface area (TPSA) is 78.5 Å². The number of ether oxygens (including phenoxy) is 2. The van der Waals surface area contributed by atoms with Gasteiger partial charge in [0.15, 0.2) is 11.5 Å². The minimum atomic E-state index is -0.101. The molecule has 0 saturated heterocycles. The lowest BCUT2D eigenvalue weighted by Gasteiger charge is -2.24. The van der Waals surface area contributed by atoms with Crippen LogP contribution < -0.4 is 14.8 Å². The summed E-state index contributed by atoms with van der Waals surface area (Å²) >= 11 is 0. The highest BCUT2D eigenvalue weighted by Gasteiger charge is 2.30. The molecule has 146 valence electrons. The molecule has 1 aliphatic heterocycles. The number of methoxy groups -OCH3 is 1. The first kappa shape index (κ1) is 18.2. The van der Waals surface area contributed by atoms with E-state index >= 15 is 0 Å². The molecule has 28 heavy (non-hydrogen) atoms. The molecule has 2 aromatic heterocycles. The number of aromatic nitrogens is 2. The lowest BCUT2D eigenvalue weighted by atomic mass is 9.87. The molecule has 1 N–H and O–H groups in total. The summed E-state index contributed by atoms with van der Waals surface area (Å²) in [6, 6.07) is 9.54. The third-order valence-electron chi connectivity index (χ3n) is 4.73. The van der Waals surface area contributed by atoms with Gasteiger partial charge in [-0.05, 0) is 43.7 Å². The van der Waals surface area contributed by atoms with E-state index in [-0.39, 0.29) is 17.9 Å². The second-order valence-corrected chi connectivity index (χ2v) is 7.07. The molecular weight excluding hydrogens is 358 g/mol. The molecule has 1 atom stereocenters. The maximum Gasteiger partial charge on any atom is 0.226 e. The SMILES string of the molecule is COc1cc(C2CC(=O)Nc3c2cnn3Cc2ccco2)ccc1OC(C)C. The number of hydrogen-bond acceptors (Lipinski definition) is 5. The Bertz CT molecular complexity index is 976. The molecule has 0 spiro atoms. The highest BCUT2D eigenvalue weighted by Crippen LogP contribution is 2.40. The van der Waals surface area contributed by atoms with Crippen LogP contribution in [0.5, 0.6) is 11.5 Å². The zero-order chi connectivity index (χ0) is 19.7. The largest absolute Gasteiger partial charge is 0.493 e. The first-order chi connectivity index (χ1) is 13.5. The van der Waals surface area contributed by atoms with Gasteiger partial charge in [-0.2, -0.15) is 5.10 Å². The summed E-state index contributed by atoms with van der Waals surface area (Å²) in [5.41, 5.74) is 1.97. The minimum absolute atomic E-state index is 0.0415. The maximum absolute atomic E-state index is 12.4. The number of fused-ring (bicyclic) bond motifs is 1. The van der Waals surface area contributed by atoms with Gasteiger partial charge < -0.3 is 19.2 Å². The minimum Gasteiger partial charge on any atom is -0.493 e. The van der Waals surface area contributed by atoms with Crippen molar-refractivity contribution in [3.05, 3.63) is 59.7 Å². The summed E-state index contributed by atoms with van der Waals surface area (Å²) in [7, 11) is 1.62. The Labute approximate surface area is 163 Å². The zero-order valence-corrected chi connectivity index (χ0v) is 16.1. The lowest BCUT2D eigenvalue weighted by Crippen LogP contribution is -2.25. The second kappa shape index (κ2) is 7.42. The molecule has 7 heteroatoms. The molecule has 0 bridgehead atoms. The molecule has 3 heterocycles. The molecular formula is C21H23N3O4. The van der Waals surface area contributed by atoms with Gasteiger partial charge in [-0.3, -0.25) is 4.79 Å². The summed E-state index contributed by atoms with van der Waals surface area (Å²) in [4.78, 5) is 12.4. The van der Waals surface area contributed by atoms with E-state index in [2.05, 4.69) is 10.4 Å². The summed E-state index contributed by atoms with van der Waals surface area (Å²) in [5, 5.41) is 7.42. The Morgan fingerprint density at radius 2 is 2.18 bits per heavy atom. The Balaban J connectivity index is 1.68. The van der Waals surface area contributed by atoms with Crippen LogP contribution in [-0.2, 0) is 11.3 Å². The summed E-state index contributed by atoms with van der Waals surface area (Å²) < 4.78 is 18.5. The van der Waals surface area contributed by atoms with E-state index in [9.17, 15) is 4.79 Å². The van der Waals surface area contributed by atoms with Gasteiger partial charge >= 0.3 is 0 Å². The first-order valence-electron chi connectivity index (χ1n) is 9.27. The van der Waals surface area contributed by atoms with Crippen molar-refractivity contribution in [2.45, 2.75) is 38.8 Å². The van der Waals surface area contributed by atoms with E-state index in [0.717, 1.165) is 16.9 Å². The monoisotopic (exact) mass is 381 g/mol. The van der Waals surface area contributed by atoms with Gasteiger partial charge in [0, 0.05) is 17.9 Å². The van der Waals surface area contributed by atoms with Crippen molar-refractivity contribution >= 4 is 11.7 Å². The number of carbonyl (C=O) groups is 1. The van der Waals surface area contributed by atoms with Gasteiger partial charge in [-0.1, -0.05) is 6.07 Å². The summed E-state index contributed by atoms with van der Waals surface area (Å²) in [6.45, 7) is 4.40. The molecule has 0 fully saturated rings. The molecule has 0 saturated carbocycles. The van der Waals surface area contributed by atoms with Crippen LogP contribution in [0.4, 0.5) is 5.82 Å². The smallest absolute Gasteiger partial charge is 0.226 e. The third kappa shape index (κ3) is 3.47. The van der Waals surface area contributed by atoms with E-state index in [4.69, 9.17) is 13.9 Å². The standard InChI is InChI=1S/C21H23N3O4/c1-13(2)28-18-7-6-14(9-19(18)26-3)16-10-20(25)23-21-17(16)11-22-24(21)12-15-5-4-8-27-15/h4-9,11,13,16H,10,12H2,1-3H3,(H,23,25). The molecule has 4 rings (SSSR count). The molecule has 1 amide bonds. The Kier molecular flexibility index (Phi) is 4.81. The number of amides is 1. The normalized spacial score (nSPS) is 16.0. The van der Waals surface area contributed by atoms with Crippen molar-refractivity contribution in [1.29, 1.82) is 0 Å². The third-order valence-corrected chi connectivity index (χ3v) is 4.73. The molecule has 7 nitrogen and oxygen atoms in total. The highest BCUT2D eigenvalue weighted by atomic mass is 16.5. The van der Waals surface area contributed by atoms with E-state index in [0.29, 0.717) is 30.3 Å². The van der Waals surface area contributed by atoms with Crippen molar-refractivity contribution in [2.75, 3.05) is 12.4 Å². The fourth-order valence-corrected chi connectivity index (χ4v) is 3.49. The average Bonchev–Trinajstić information content (AvgIpc) is 3.32. The number of anilines is 1. The van der Waals surface area contributed by atoms with Crippen molar-refractivity contribution in [3.63, 3.8) is 0 Å². The number of rotatable bonds is 6. The highest BCUT2D eigenvalue weighted by molar-refractivity contribution is 5.94. The van der Waals surface area contributed by atoms with Crippen LogP contribution >= 0.6 is 0 Å². The van der Waals surface area contributed by atoms with Crippen LogP contribution in [0.3, 0.4) is 0 Å². The van der Waals surface area contributed by atoms with Crippen LogP contribution in [0.25, 0.3) is 0 Å². The van der Waals surface area contributed by atoms with E-state index in [1.54, 1.807) is 18.1 Å². The number of carbonyl (C=O) groups excluding carboxylic acids is 1. The molecule has 1 aliphatic rings. The van der Waals surface area contributed by atoms with Crippen molar-refractivity contribution in [3.8, 4) is 11.5 Å². The predicted molar refractivity (Wildman–Crippen MR) is 104 cm³/mol.